The van der Waals surface area contributed by atoms with Gasteiger partial charge in [-0.25, -0.2) is 9.59 Å². The Morgan fingerprint density at radius 1 is 1.20 bits per heavy atom. The van der Waals surface area contributed by atoms with Crippen LogP contribution in [0.4, 0.5) is 4.79 Å². The number of carbonyl (C=O) groups excluding carboxylic acids is 3. The van der Waals surface area contributed by atoms with Gasteiger partial charge >= 0.3 is 12.0 Å². The van der Waals surface area contributed by atoms with E-state index in [1.165, 1.54) is 25.3 Å². The minimum Gasteiger partial charge on any atom is -0.488 e. The van der Waals surface area contributed by atoms with Crippen LogP contribution in [0.3, 0.4) is 0 Å². The third-order valence-electron chi connectivity index (χ3n) is 5.12. The van der Waals surface area contributed by atoms with Crippen LogP contribution in [0.2, 0.25) is 5.02 Å². The minimum absolute atomic E-state index is 0.0132. The first-order chi connectivity index (χ1) is 16.9. The molecule has 0 saturated carbocycles. The highest BCUT2D eigenvalue weighted by Crippen LogP contribution is 2.28. The Balaban J connectivity index is 1.54. The molecule has 2 heterocycles. The van der Waals surface area contributed by atoms with Gasteiger partial charge in [0.05, 0.1) is 25.3 Å². The number of amides is 3. The molecule has 1 aliphatic rings. The molecule has 0 unspecified atom stereocenters. The molecule has 176 valence electrons. The van der Waals surface area contributed by atoms with E-state index in [0.29, 0.717) is 27.5 Å². The molecule has 1 N–H and O–H groups in total. The van der Waals surface area contributed by atoms with Gasteiger partial charge in [0, 0.05) is 16.1 Å². The van der Waals surface area contributed by atoms with Crippen molar-refractivity contribution in [3.8, 4) is 11.8 Å². The largest absolute Gasteiger partial charge is 0.488 e. The molecule has 2 aromatic carbocycles. The topological polar surface area (TPSA) is 122 Å². The smallest absolute Gasteiger partial charge is 0.373 e. The first kappa shape index (κ1) is 23.6. The fourth-order valence-corrected chi connectivity index (χ4v) is 3.55. The summed E-state index contributed by atoms with van der Waals surface area (Å²) in [5, 5.41) is 12.2. The Kier molecular flexibility index (Phi) is 6.85. The average molecular weight is 492 g/mol. The van der Waals surface area contributed by atoms with Gasteiger partial charge in [-0.1, -0.05) is 29.8 Å². The summed E-state index contributed by atoms with van der Waals surface area (Å²) in [7, 11) is 1.22. The number of rotatable bonds is 7. The van der Waals surface area contributed by atoms with Crippen LogP contribution < -0.4 is 10.1 Å². The first-order valence-electron chi connectivity index (χ1n) is 10.3. The molecule has 9 nitrogen and oxygen atoms in total. The van der Waals surface area contributed by atoms with Crippen LogP contribution in [-0.4, -0.2) is 29.9 Å². The predicted octanol–water partition coefficient (Wildman–Crippen LogP) is 4.26. The van der Waals surface area contributed by atoms with Gasteiger partial charge in [-0.2, -0.15) is 5.26 Å². The van der Waals surface area contributed by atoms with E-state index in [0.717, 1.165) is 4.90 Å². The van der Waals surface area contributed by atoms with Gasteiger partial charge in [0.1, 0.15) is 23.8 Å². The van der Waals surface area contributed by atoms with E-state index >= 15 is 0 Å². The van der Waals surface area contributed by atoms with E-state index < -0.39 is 17.9 Å². The Labute approximate surface area is 205 Å². The van der Waals surface area contributed by atoms with Crippen molar-refractivity contribution in [2.45, 2.75) is 13.2 Å². The number of benzene rings is 2. The fourth-order valence-electron chi connectivity index (χ4n) is 3.37. The lowest BCUT2D eigenvalue weighted by Crippen LogP contribution is -2.30. The van der Waals surface area contributed by atoms with Crippen LogP contribution in [0, 0.1) is 11.3 Å². The van der Waals surface area contributed by atoms with Crippen LogP contribution in [0.15, 0.2) is 64.7 Å². The normalized spacial score (nSPS) is 14.1. The number of nitriles is 1. The molecule has 0 spiro atoms. The van der Waals surface area contributed by atoms with E-state index in [2.05, 4.69) is 16.1 Å². The molecule has 0 radical (unpaired) electrons. The lowest BCUT2D eigenvalue weighted by atomic mass is 10.1. The van der Waals surface area contributed by atoms with E-state index in [1.54, 1.807) is 42.5 Å². The van der Waals surface area contributed by atoms with Crippen molar-refractivity contribution >= 4 is 35.6 Å². The van der Waals surface area contributed by atoms with Crippen molar-refractivity contribution in [1.29, 1.82) is 5.26 Å². The number of halogens is 1. The number of hydrogen-bond acceptors (Lipinski definition) is 7. The summed E-state index contributed by atoms with van der Waals surface area (Å²) in [6.07, 6.45) is 1.46. The number of ether oxygens (including phenoxy) is 2. The van der Waals surface area contributed by atoms with E-state index in [9.17, 15) is 19.6 Å². The minimum atomic E-state index is -0.667. The Morgan fingerprint density at radius 3 is 2.77 bits per heavy atom. The number of nitrogens with one attached hydrogen (secondary N) is 1. The highest BCUT2D eigenvalue weighted by atomic mass is 35.5. The molecule has 0 bridgehead atoms. The quantitative estimate of drug-likeness (QED) is 0.297. The fraction of sp³-hybridized carbons (Fsp3) is 0.120. The second-order valence-corrected chi connectivity index (χ2v) is 7.81. The number of furan rings is 1. The number of methoxy groups -OCH3 is 1. The zero-order valence-electron chi connectivity index (χ0n) is 18.4. The molecule has 1 fully saturated rings. The molecule has 3 aromatic rings. The van der Waals surface area contributed by atoms with Crippen molar-refractivity contribution in [3.05, 3.63) is 93.5 Å². The van der Waals surface area contributed by atoms with Crippen molar-refractivity contribution in [2.24, 2.45) is 0 Å². The summed E-state index contributed by atoms with van der Waals surface area (Å²) < 4.78 is 15.8. The molecule has 4 rings (SSSR count). The molecular weight excluding hydrogens is 474 g/mol. The molecular formula is C25H18ClN3O6. The van der Waals surface area contributed by atoms with Crippen LogP contribution >= 0.6 is 11.6 Å². The van der Waals surface area contributed by atoms with Gasteiger partial charge in [-0.3, -0.25) is 9.69 Å². The van der Waals surface area contributed by atoms with Gasteiger partial charge in [0.15, 0.2) is 0 Å². The van der Waals surface area contributed by atoms with Crippen molar-refractivity contribution in [2.75, 3.05) is 7.11 Å². The van der Waals surface area contributed by atoms with Crippen LogP contribution in [-0.2, 0) is 22.7 Å². The maximum absolute atomic E-state index is 12.9. The lowest BCUT2D eigenvalue weighted by molar-refractivity contribution is -0.123. The second kappa shape index (κ2) is 10.2. The van der Waals surface area contributed by atoms with E-state index in [4.69, 9.17) is 20.8 Å². The van der Waals surface area contributed by atoms with Crippen LogP contribution in [0.25, 0.3) is 6.08 Å². The standard InChI is InChI=1S/C25H18ClN3O6/c1-33-24(31)22-9-7-19(35-22)13-29-23(30)20(28-25(29)32)11-17-10-18(26)6-8-21(17)34-14-16-5-3-2-4-15(16)12-27/h2-11H,13-14H2,1H3,(H,28,32)/b20-11-. The zero-order valence-corrected chi connectivity index (χ0v) is 19.2. The van der Waals surface area contributed by atoms with Crippen molar-refractivity contribution in [1.82, 2.24) is 10.2 Å². The van der Waals surface area contributed by atoms with Gasteiger partial charge in [0.2, 0.25) is 5.76 Å². The van der Waals surface area contributed by atoms with Crippen LogP contribution in [0.5, 0.6) is 5.75 Å². The summed E-state index contributed by atoms with van der Waals surface area (Å²) in [5.41, 5.74) is 1.66. The Bertz CT molecular complexity index is 1390. The Morgan fingerprint density at radius 2 is 2.00 bits per heavy atom. The number of carbonyl (C=O) groups is 3. The number of imide groups is 1. The molecule has 1 saturated heterocycles. The first-order valence-corrected chi connectivity index (χ1v) is 10.7. The summed E-state index contributed by atoms with van der Waals surface area (Å²) >= 11 is 6.15. The van der Waals surface area contributed by atoms with Crippen LogP contribution in [0.1, 0.15) is 33.0 Å². The Hall–Kier alpha value is -4.55. The number of nitrogens with zero attached hydrogens (tertiary/aromatic N) is 2. The predicted molar refractivity (Wildman–Crippen MR) is 124 cm³/mol. The summed E-state index contributed by atoms with van der Waals surface area (Å²) in [4.78, 5) is 37.9. The highest BCUT2D eigenvalue weighted by Gasteiger charge is 2.34. The second-order valence-electron chi connectivity index (χ2n) is 7.38. The summed E-state index contributed by atoms with van der Waals surface area (Å²) in [6, 6.07) is 16.3. The highest BCUT2D eigenvalue weighted by molar-refractivity contribution is 6.30. The zero-order chi connectivity index (χ0) is 24.9. The molecule has 3 amide bonds. The molecule has 1 aliphatic heterocycles. The maximum Gasteiger partial charge on any atom is 0.373 e. The molecule has 0 aliphatic carbocycles. The summed E-state index contributed by atoms with van der Waals surface area (Å²) in [5.74, 6) is -0.655. The third-order valence-corrected chi connectivity index (χ3v) is 5.35. The third kappa shape index (κ3) is 5.18. The summed E-state index contributed by atoms with van der Waals surface area (Å²) in [6.45, 7) is -0.0577. The number of esters is 1. The molecule has 35 heavy (non-hydrogen) atoms. The maximum atomic E-state index is 12.9. The molecule has 0 atom stereocenters. The number of hydrogen-bond donors (Lipinski definition) is 1. The monoisotopic (exact) mass is 491 g/mol. The van der Waals surface area contributed by atoms with Crippen molar-refractivity contribution in [3.63, 3.8) is 0 Å². The number of urea groups is 1. The SMILES string of the molecule is COC(=O)c1ccc(CN2C(=O)N/C(=C\c3cc(Cl)ccc3OCc3ccccc3C#N)C2=O)o1. The van der Waals surface area contributed by atoms with Gasteiger partial charge in [-0.15, -0.1) is 0 Å². The van der Waals surface area contributed by atoms with Crippen molar-refractivity contribution < 1.29 is 28.3 Å². The van der Waals surface area contributed by atoms with E-state index in [-0.39, 0.29) is 30.4 Å². The lowest BCUT2D eigenvalue weighted by Gasteiger charge is -2.11. The van der Waals surface area contributed by atoms with Gasteiger partial charge in [-0.05, 0) is 42.5 Å². The molecule has 10 heteroatoms. The van der Waals surface area contributed by atoms with Gasteiger partial charge in [0.25, 0.3) is 5.91 Å². The van der Waals surface area contributed by atoms with Gasteiger partial charge < -0.3 is 19.2 Å². The average Bonchev–Trinajstić information content (AvgIpc) is 3.43. The van der Waals surface area contributed by atoms with E-state index in [1.807, 2.05) is 0 Å². The molecule has 1 aromatic heterocycles.